The first kappa shape index (κ1) is 9.43. The zero-order valence-electron chi connectivity index (χ0n) is 8.01. The van der Waals surface area contributed by atoms with Crippen LogP contribution in [0.15, 0.2) is 18.3 Å². The van der Waals surface area contributed by atoms with Crippen LogP contribution in [0.1, 0.15) is 5.69 Å². The van der Waals surface area contributed by atoms with Gasteiger partial charge in [0.15, 0.2) is 6.10 Å². The number of aliphatic hydroxyl groups excluding tert-OH is 1. The van der Waals surface area contributed by atoms with Crippen LogP contribution in [-0.2, 0) is 4.74 Å². The maximum absolute atomic E-state index is 9.47. The molecule has 0 saturated carbocycles. The second-order valence-electron chi connectivity index (χ2n) is 3.35. The molecular weight excluding hydrogens is 182 g/mol. The molecule has 0 unspecified atom stereocenters. The second kappa shape index (κ2) is 3.94. The number of aliphatic hydroxyl groups is 1. The summed E-state index contributed by atoms with van der Waals surface area (Å²) in [6.45, 7) is 2.66. The van der Waals surface area contributed by atoms with Crippen molar-refractivity contribution in [3.8, 4) is 5.75 Å². The van der Waals surface area contributed by atoms with Gasteiger partial charge in [-0.15, -0.1) is 0 Å². The van der Waals surface area contributed by atoms with Crippen molar-refractivity contribution in [3.63, 3.8) is 0 Å². The summed E-state index contributed by atoms with van der Waals surface area (Å²) in [5.41, 5.74) is 0.826. The summed E-state index contributed by atoms with van der Waals surface area (Å²) in [4.78, 5) is 4.10. The van der Waals surface area contributed by atoms with Gasteiger partial charge in [0.05, 0.1) is 18.9 Å². The molecule has 1 aromatic rings. The lowest BCUT2D eigenvalue weighted by Gasteiger charge is -2.16. The number of aryl methyl sites for hydroxylation is 1. The van der Waals surface area contributed by atoms with Gasteiger partial charge in [-0.2, -0.15) is 0 Å². The Kier molecular flexibility index (Phi) is 2.65. The first-order valence-electron chi connectivity index (χ1n) is 4.61. The summed E-state index contributed by atoms with van der Waals surface area (Å²) in [6, 6.07) is 3.65. The molecule has 1 fully saturated rings. The summed E-state index contributed by atoms with van der Waals surface area (Å²) < 4.78 is 10.7. The average molecular weight is 195 g/mol. The minimum atomic E-state index is -0.533. The third-order valence-electron chi connectivity index (χ3n) is 2.24. The predicted molar refractivity (Wildman–Crippen MR) is 50.2 cm³/mol. The van der Waals surface area contributed by atoms with E-state index in [-0.39, 0.29) is 6.10 Å². The molecule has 1 aliphatic heterocycles. The fourth-order valence-electron chi connectivity index (χ4n) is 1.39. The van der Waals surface area contributed by atoms with Crippen molar-refractivity contribution >= 4 is 0 Å². The first-order valence-corrected chi connectivity index (χ1v) is 4.61. The van der Waals surface area contributed by atoms with E-state index in [2.05, 4.69) is 4.98 Å². The fraction of sp³-hybridized carbons (Fsp3) is 0.500. The van der Waals surface area contributed by atoms with Crippen LogP contribution < -0.4 is 4.74 Å². The Morgan fingerprint density at radius 3 is 3.07 bits per heavy atom. The van der Waals surface area contributed by atoms with Crippen LogP contribution in [0.3, 0.4) is 0 Å². The minimum absolute atomic E-state index is 0.266. The van der Waals surface area contributed by atoms with Gasteiger partial charge < -0.3 is 14.6 Å². The molecule has 0 bridgehead atoms. The van der Waals surface area contributed by atoms with Crippen molar-refractivity contribution < 1.29 is 14.6 Å². The molecule has 2 heterocycles. The van der Waals surface area contributed by atoms with Gasteiger partial charge in [-0.25, -0.2) is 0 Å². The zero-order chi connectivity index (χ0) is 9.97. The zero-order valence-corrected chi connectivity index (χ0v) is 8.01. The molecule has 0 amide bonds. The highest BCUT2D eigenvalue weighted by Gasteiger charge is 2.28. The average Bonchev–Trinajstić information content (AvgIpc) is 2.56. The molecule has 0 spiro atoms. The van der Waals surface area contributed by atoms with E-state index in [1.54, 1.807) is 6.20 Å². The molecule has 4 heteroatoms. The number of nitrogens with zero attached hydrogens (tertiary/aromatic N) is 1. The topological polar surface area (TPSA) is 51.6 Å². The number of hydrogen-bond donors (Lipinski definition) is 1. The van der Waals surface area contributed by atoms with Crippen LogP contribution in [0.5, 0.6) is 5.75 Å². The van der Waals surface area contributed by atoms with Gasteiger partial charge >= 0.3 is 0 Å². The normalized spacial score (nSPS) is 26.4. The molecule has 14 heavy (non-hydrogen) atoms. The lowest BCUT2D eigenvalue weighted by atomic mass is 10.2. The maximum atomic E-state index is 9.47. The van der Waals surface area contributed by atoms with E-state index in [1.807, 2.05) is 19.1 Å². The summed E-state index contributed by atoms with van der Waals surface area (Å²) in [7, 11) is 0. The number of aromatic nitrogens is 1. The first-order chi connectivity index (χ1) is 6.77. The highest BCUT2D eigenvalue weighted by molar-refractivity contribution is 5.25. The van der Waals surface area contributed by atoms with Crippen LogP contribution in [-0.4, -0.2) is 35.5 Å². The summed E-state index contributed by atoms with van der Waals surface area (Å²) >= 11 is 0. The molecule has 1 saturated heterocycles. The van der Waals surface area contributed by atoms with Gasteiger partial charge in [0.1, 0.15) is 11.9 Å². The fourth-order valence-corrected chi connectivity index (χ4v) is 1.39. The number of pyridine rings is 1. The van der Waals surface area contributed by atoms with Crippen LogP contribution in [0.25, 0.3) is 0 Å². The molecule has 1 aliphatic rings. The number of ether oxygens (including phenoxy) is 2. The van der Waals surface area contributed by atoms with Crippen molar-refractivity contribution in [2.75, 3.05) is 13.2 Å². The van der Waals surface area contributed by atoms with E-state index >= 15 is 0 Å². The lowest BCUT2D eigenvalue weighted by Crippen LogP contribution is -2.30. The molecule has 4 nitrogen and oxygen atoms in total. The molecule has 1 aromatic heterocycles. The summed E-state index contributed by atoms with van der Waals surface area (Å²) in [5, 5.41) is 9.47. The molecule has 0 radical (unpaired) electrons. The quantitative estimate of drug-likeness (QED) is 0.747. The van der Waals surface area contributed by atoms with Crippen molar-refractivity contribution in [1.29, 1.82) is 0 Å². The van der Waals surface area contributed by atoms with Crippen LogP contribution in [0, 0.1) is 6.92 Å². The third kappa shape index (κ3) is 1.86. The van der Waals surface area contributed by atoms with Gasteiger partial charge in [-0.3, -0.25) is 4.98 Å². The Morgan fingerprint density at radius 1 is 1.57 bits per heavy atom. The van der Waals surface area contributed by atoms with Crippen molar-refractivity contribution in [2.24, 2.45) is 0 Å². The number of rotatable bonds is 2. The Bertz CT molecular complexity index is 316. The Labute approximate surface area is 82.5 Å². The smallest absolute Gasteiger partial charge is 0.150 e. The highest BCUT2D eigenvalue weighted by Crippen LogP contribution is 2.19. The van der Waals surface area contributed by atoms with E-state index in [1.165, 1.54) is 0 Å². The van der Waals surface area contributed by atoms with E-state index in [4.69, 9.17) is 9.47 Å². The second-order valence-corrected chi connectivity index (χ2v) is 3.35. The molecule has 0 aliphatic carbocycles. The van der Waals surface area contributed by atoms with Crippen molar-refractivity contribution in [1.82, 2.24) is 4.98 Å². The van der Waals surface area contributed by atoms with Gasteiger partial charge in [0.25, 0.3) is 0 Å². The minimum Gasteiger partial charge on any atom is -0.483 e. The van der Waals surface area contributed by atoms with E-state index < -0.39 is 6.10 Å². The van der Waals surface area contributed by atoms with Gasteiger partial charge in [0, 0.05) is 6.20 Å². The van der Waals surface area contributed by atoms with Gasteiger partial charge in [-0.1, -0.05) is 0 Å². The van der Waals surface area contributed by atoms with Crippen LogP contribution in [0.4, 0.5) is 0 Å². The monoisotopic (exact) mass is 195 g/mol. The summed E-state index contributed by atoms with van der Waals surface area (Å²) in [6.07, 6.45) is 0.913. The Morgan fingerprint density at radius 2 is 2.43 bits per heavy atom. The number of hydrogen-bond acceptors (Lipinski definition) is 4. The Hall–Kier alpha value is -1.13. The molecule has 1 N–H and O–H groups in total. The van der Waals surface area contributed by atoms with Crippen LogP contribution in [0.2, 0.25) is 0 Å². The summed E-state index contributed by atoms with van der Waals surface area (Å²) in [5.74, 6) is 0.710. The molecular formula is C10H13NO3. The highest BCUT2D eigenvalue weighted by atomic mass is 16.6. The van der Waals surface area contributed by atoms with Gasteiger partial charge in [0.2, 0.25) is 0 Å². The van der Waals surface area contributed by atoms with Crippen molar-refractivity contribution in [2.45, 2.75) is 19.1 Å². The predicted octanol–water partition coefficient (Wildman–Crippen LogP) is 0.529. The van der Waals surface area contributed by atoms with Crippen LogP contribution >= 0.6 is 0 Å². The Balaban J connectivity index is 2.07. The maximum Gasteiger partial charge on any atom is 0.150 e. The molecule has 0 aromatic carbocycles. The molecule has 76 valence electrons. The van der Waals surface area contributed by atoms with E-state index in [0.717, 1.165) is 5.69 Å². The SMILES string of the molecule is Cc1ncccc1O[C@@H]1COC[C@H]1O. The van der Waals surface area contributed by atoms with E-state index in [9.17, 15) is 5.11 Å². The third-order valence-corrected chi connectivity index (χ3v) is 2.24. The van der Waals surface area contributed by atoms with Crippen molar-refractivity contribution in [3.05, 3.63) is 24.0 Å². The molecule has 2 rings (SSSR count). The van der Waals surface area contributed by atoms with Gasteiger partial charge in [-0.05, 0) is 19.1 Å². The van der Waals surface area contributed by atoms with E-state index in [0.29, 0.717) is 19.0 Å². The standard InChI is InChI=1S/C10H13NO3/c1-7-9(3-2-4-11-7)14-10-6-13-5-8(10)12/h2-4,8,10,12H,5-6H2,1H3/t8-,10-/m1/s1. The largest absolute Gasteiger partial charge is 0.483 e. The lowest BCUT2D eigenvalue weighted by molar-refractivity contribution is 0.0726. The molecule has 2 atom stereocenters.